The van der Waals surface area contributed by atoms with Gasteiger partial charge in [0, 0.05) is 34.6 Å². The number of rotatable bonds is 10. The van der Waals surface area contributed by atoms with Crippen LogP contribution in [0.4, 0.5) is 4.79 Å². The molecule has 0 saturated carbocycles. The van der Waals surface area contributed by atoms with Gasteiger partial charge in [0.15, 0.2) is 36.8 Å². The molecule has 41 heavy (non-hydrogen) atoms. The Hall–Kier alpha value is -3.58. The summed E-state index contributed by atoms with van der Waals surface area (Å²) in [7, 11) is 0. The molecule has 0 spiro atoms. The number of aliphatic hydroxyl groups is 2. The summed E-state index contributed by atoms with van der Waals surface area (Å²) in [4.78, 5) is 70.7. The minimum absolute atomic E-state index is 0.672. The fraction of sp³-hybridized carbons (Fsp3) is 0.739. The van der Waals surface area contributed by atoms with E-state index in [0.717, 1.165) is 34.6 Å². The van der Waals surface area contributed by atoms with Crippen LogP contribution in [-0.2, 0) is 66.6 Å². The average Bonchev–Trinajstić information content (AvgIpc) is 2.83. The summed E-state index contributed by atoms with van der Waals surface area (Å²) >= 11 is 0. The monoisotopic (exact) mass is 596 g/mol. The summed E-state index contributed by atoms with van der Waals surface area (Å²) in [6, 6.07) is 0. The van der Waals surface area contributed by atoms with Gasteiger partial charge in [-0.05, 0) is 0 Å². The van der Waals surface area contributed by atoms with Gasteiger partial charge < -0.3 is 58.0 Å². The summed E-state index contributed by atoms with van der Waals surface area (Å²) in [6.45, 7) is 3.49. The van der Waals surface area contributed by atoms with Crippen molar-refractivity contribution in [3.05, 3.63) is 0 Å². The third-order valence-electron chi connectivity index (χ3n) is 5.56. The lowest BCUT2D eigenvalue weighted by atomic mass is 9.96. The molecule has 2 heterocycles. The fourth-order valence-electron chi connectivity index (χ4n) is 4.15. The molecule has 2 saturated heterocycles. The largest absolute Gasteiger partial charge is 0.506 e. The van der Waals surface area contributed by atoms with E-state index in [0.29, 0.717) is 0 Å². The molecule has 18 heteroatoms. The van der Waals surface area contributed by atoms with Crippen molar-refractivity contribution in [2.45, 2.75) is 96.0 Å². The first kappa shape index (κ1) is 33.6. The lowest BCUT2D eigenvalue weighted by Gasteiger charge is -2.47. The molecular formula is C23H32O18. The lowest BCUT2D eigenvalue weighted by Crippen LogP contribution is -2.67. The van der Waals surface area contributed by atoms with E-state index >= 15 is 0 Å². The SMILES string of the molecule is CC(=O)OC[C@H]1O[C@H](O[C@@H]2[C@@H](OC(C)=O)O[C@@H](CO)[C@@H](O)[C@@H]2OC(C)=O)[C@@H](OC(C)=O)[C@@H](OC(C)=O)[C@@H]1OC(=O)O. The topological polar surface area (TPSA) is 246 Å². The molecule has 0 aliphatic carbocycles. The van der Waals surface area contributed by atoms with Gasteiger partial charge in [-0.3, -0.25) is 24.0 Å². The second-order valence-electron chi connectivity index (χ2n) is 8.84. The van der Waals surface area contributed by atoms with Gasteiger partial charge in [0.05, 0.1) is 6.61 Å². The number of hydrogen-bond acceptors (Lipinski definition) is 17. The summed E-state index contributed by atoms with van der Waals surface area (Å²) in [5, 5.41) is 29.7. The van der Waals surface area contributed by atoms with E-state index in [2.05, 4.69) is 0 Å². The number of carbonyl (C=O) groups is 6. The summed E-state index contributed by atoms with van der Waals surface area (Å²) in [5.41, 5.74) is 0. The first-order valence-electron chi connectivity index (χ1n) is 12.1. The van der Waals surface area contributed by atoms with Crippen LogP contribution < -0.4 is 0 Å². The van der Waals surface area contributed by atoms with E-state index < -0.39 is 111 Å². The zero-order valence-electron chi connectivity index (χ0n) is 22.7. The van der Waals surface area contributed by atoms with E-state index in [9.17, 15) is 44.1 Å². The molecule has 0 amide bonds. The van der Waals surface area contributed by atoms with Gasteiger partial charge >= 0.3 is 36.0 Å². The summed E-state index contributed by atoms with van der Waals surface area (Å²) in [6.07, 6.45) is -18.9. The zero-order chi connectivity index (χ0) is 31.0. The Balaban J connectivity index is 2.61. The minimum atomic E-state index is -1.87. The highest BCUT2D eigenvalue weighted by atomic mass is 16.8. The first-order valence-corrected chi connectivity index (χ1v) is 12.1. The summed E-state index contributed by atoms with van der Waals surface area (Å²) < 4.78 is 47.6. The van der Waals surface area contributed by atoms with Gasteiger partial charge in [-0.1, -0.05) is 0 Å². The Morgan fingerprint density at radius 1 is 0.610 bits per heavy atom. The van der Waals surface area contributed by atoms with Crippen LogP contribution in [0.3, 0.4) is 0 Å². The molecule has 232 valence electrons. The quantitative estimate of drug-likeness (QED) is 0.185. The maximum atomic E-state index is 12.0. The highest BCUT2D eigenvalue weighted by molar-refractivity contribution is 5.68. The van der Waals surface area contributed by atoms with E-state index in [1.54, 1.807) is 0 Å². The Morgan fingerprint density at radius 2 is 1.12 bits per heavy atom. The molecular weight excluding hydrogens is 564 g/mol. The third kappa shape index (κ3) is 9.49. The predicted molar refractivity (Wildman–Crippen MR) is 123 cm³/mol. The van der Waals surface area contributed by atoms with Gasteiger partial charge in [0.25, 0.3) is 0 Å². The molecule has 0 aromatic carbocycles. The van der Waals surface area contributed by atoms with E-state index in [-0.39, 0.29) is 0 Å². The van der Waals surface area contributed by atoms with Crippen molar-refractivity contribution in [3.63, 3.8) is 0 Å². The predicted octanol–water partition coefficient (Wildman–Crippen LogP) is -1.84. The van der Waals surface area contributed by atoms with E-state index in [4.69, 9.17) is 42.6 Å². The van der Waals surface area contributed by atoms with Crippen molar-refractivity contribution >= 4 is 36.0 Å². The lowest BCUT2D eigenvalue weighted by molar-refractivity contribution is -0.363. The van der Waals surface area contributed by atoms with Crippen molar-refractivity contribution < 1.29 is 86.7 Å². The molecule has 2 aliphatic rings. The Bertz CT molecular complexity index is 982. The molecule has 2 fully saturated rings. The Labute approximate surface area is 232 Å². The van der Waals surface area contributed by atoms with Crippen LogP contribution in [0.1, 0.15) is 34.6 Å². The summed E-state index contributed by atoms with van der Waals surface area (Å²) in [5.74, 6) is -4.61. The van der Waals surface area contributed by atoms with Gasteiger partial charge in [-0.25, -0.2) is 4.79 Å². The molecule has 10 atom stereocenters. The van der Waals surface area contributed by atoms with Gasteiger partial charge in [0.2, 0.25) is 6.29 Å². The smallest absolute Gasteiger partial charge is 0.463 e. The second kappa shape index (κ2) is 14.9. The van der Waals surface area contributed by atoms with E-state index in [1.807, 2.05) is 0 Å². The minimum Gasteiger partial charge on any atom is -0.463 e. The molecule has 3 N–H and O–H groups in total. The Morgan fingerprint density at radius 3 is 1.61 bits per heavy atom. The van der Waals surface area contributed by atoms with Gasteiger partial charge in [-0.15, -0.1) is 0 Å². The number of carbonyl (C=O) groups excluding carboxylic acids is 5. The first-order chi connectivity index (χ1) is 19.1. The van der Waals surface area contributed by atoms with Crippen molar-refractivity contribution in [1.29, 1.82) is 0 Å². The normalized spacial score (nSPS) is 33.0. The third-order valence-corrected chi connectivity index (χ3v) is 5.56. The molecule has 0 aromatic heterocycles. The standard InChI is InChI=1S/C23H32O18/c1-8(25)33-7-14-16(41-23(31)32)18(35-10(3)27)20(36-11(4)28)22(39-14)40-19-17(34-9(2)26)15(30)13(6-24)38-21(19)37-12(5)29/h13-22,24,30H,6-7H2,1-5H3,(H,31,32)/t13-,14+,15+,16+,17-,18-,19-,20-,21-,22+/m0/s1. The van der Waals surface area contributed by atoms with Gasteiger partial charge in [0.1, 0.15) is 24.9 Å². The van der Waals surface area contributed by atoms with Crippen LogP contribution in [0.15, 0.2) is 0 Å². The highest BCUT2D eigenvalue weighted by Gasteiger charge is 2.57. The Kier molecular flexibility index (Phi) is 12.2. The van der Waals surface area contributed by atoms with Crippen molar-refractivity contribution in [2.75, 3.05) is 13.2 Å². The van der Waals surface area contributed by atoms with Crippen LogP contribution in [0.25, 0.3) is 0 Å². The highest BCUT2D eigenvalue weighted by Crippen LogP contribution is 2.34. The second-order valence-corrected chi connectivity index (χ2v) is 8.84. The number of ether oxygens (including phenoxy) is 9. The molecule has 0 bridgehead atoms. The molecule has 2 rings (SSSR count). The molecule has 18 nitrogen and oxygen atoms in total. The van der Waals surface area contributed by atoms with Crippen LogP contribution >= 0.6 is 0 Å². The molecule has 2 aliphatic heterocycles. The maximum Gasteiger partial charge on any atom is 0.506 e. The molecule has 0 radical (unpaired) electrons. The van der Waals surface area contributed by atoms with Crippen molar-refractivity contribution in [3.8, 4) is 0 Å². The molecule has 0 aromatic rings. The van der Waals surface area contributed by atoms with Crippen LogP contribution in [0.2, 0.25) is 0 Å². The number of aliphatic hydroxyl groups excluding tert-OH is 2. The number of esters is 5. The number of carboxylic acid groups (broad SMARTS) is 1. The van der Waals surface area contributed by atoms with Crippen molar-refractivity contribution in [1.82, 2.24) is 0 Å². The zero-order valence-corrected chi connectivity index (χ0v) is 22.7. The van der Waals surface area contributed by atoms with Gasteiger partial charge in [-0.2, -0.15) is 0 Å². The maximum absolute atomic E-state index is 12.0. The molecule has 0 unspecified atom stereocenters. The van der Waals surface area contributed by atoms with Crippen LogP contribution in [-0.4, -0.2) is 126 Å². The van der Waals surface area contributed by atoms with Crippen LogP contribution in [0.5, 0.6) is 0 Å². The van der Waals surface area contributed by atoms with Crippen molar-refractivity contribution in [2.24, 2.45) is 0 Å². The number of hydrogen-bond donors (Lipinski definition) is 3. The van der Waals surface area contributed by atoms with E-state index in [1.165, 1.54) is 0 Å². The fourth-order valence-corrected chi connectivity index (χ4v) is 4.15. The van der Waals surface area contributed by atoms with Crippen LogP contribution in [0, 0.1) is 0 Å². The average molecular weight is 596 g/mol.